The zero-order chi connectivity index (χ0) is 14.8. The van der Waals surface area contributed by atoms with E-state index in [9.17, 15) is 9.59 Å². The number of amides is 1. The summed E-state index contributed by atoms with van der Waals surface area (Å²) in [6.07, 6.45) is 0.546. The van der Waals surface area contributed by atoms with Gasteiger partial charge in [0.15, 0.2) is 0 Å². The van der Waals surface area contributed by atoms with Crippen molar-refractivity contribution in [3.63, 3.8) is 0 Å². The number of carbonyl (C=O) groups is 2. The van der Waals surface area contributed by atoms with E-state index in [4.69, 9.17) is 4.74 Å². The summed E-state index contributed by atoms with van der Waals surface area (Å²) >= 11 is 0. The molecule has 1 N–H and O–H groups in total. The fourth-order valence-electron chi connectivity index (χ4n) is 1.68. The highest BCUT2D eigenvalue weighted by atomic mass is 16.5. The van der Waals surface area contributed by atoms with E-state index in [-0.39, 0.29) is 24.3 Å². The third kappa shape index (κ3) is 6.60. The summed E-state index contributed by atoms with van der Waals surface area (Å²) in [5, 5.41) is 2.71. The quantitative estimate of drug-likeness (QED) is 0.658. The molecular weight excluding hydrogens is 254 g/mol. The Morgan fingerprint density at radius 2 is 2.00 bits per heavy atom. The van der Waals surface area contributed by atoms with Gasteiger partial charge in [0.2, 0.25) is 5.91 Å². The SMILES string of the molecule is CCOC(=O)C[C@H](CC#Cc1ccccc1)NC(C)=O. The predicted octanol–water partition coefficient (Wildman–Crippen LogP) is 1.89. The molecule has 1 aromatic carbocycles. The summed E-state index contributed by atoms with van der Waals surface area (Å²) in [5.41, 5.74) is 0.908. The van der Waals surface area contributed by atoms with E-state index in [1.54, 1.807) is 6.92 Å². The van der Waals surface area contributed by atoms with Gasteiger partial charge in [-0.3, -0.25) is 9.59 Å². The van der Waals surface area contributed by atoms with Crippen LogP contribution >= 0.6 is 0 Å². The van der Waals surface area contributed by atoms with Crippen molar-refractivity contribution in [3.05, 3.63) is 35.9 Å². The number of carbonyl (C=O) groups excluding carboxylic acids is 2. The molecule has 1 atom stereocenters. The highest BCUT2D eigenvalue weighted by Gasteiger charge is 2.14. The van der Waals surface area contributed by atoms with E-state index in [2.05, 4.69) is 17.2 Å². The Morgan fingerprint density at radius 1 is 1.30 bits per heavy atom. The predicted molar refractivity (Wildman–Crippen MR) is 76.8 cm³/mol. The zero-order valence-corrected chi connectivity index (χ0v) is 11.8. The van der Waals surface area contributed by atoms with E-state index in [0.717, 1.165) is 5.56 Å². The molecular formula is C16H19NO3. The molecule has 4 heteroatoms. The van der Waals surface area contributed by atoms with Gasteiger partial charge in [0.05, 0.1) is 19.1 Å². The van der Waals surface area contributed by atoms with Crippen LogP contribution in [0.2, 0.25) is 0 Å². The lowest BCUT2D eigenvalue weighted by molar-refractivity contribution is -0.143. The molecule has 0 aromatic heterocycles. The van der Waals surface area contributed by atoms with Gasteiger partial charge in [-0.1, -0.05) is 30.0 Å². The number of rotatable bonds is 5. The first kappa shape index (κ1) is 15.8. The molecule has 20 heavy (non-hydrogen) atoms. The molecule has 0 aliphatic heterocycles. The second-order valence-electron chi connectivity index (χ2n) is 4.28. The molecule has 0 unspecified atom stereocenters. The topological polar surface area (TPSA) is 55.4 Å². The first-order chi connectivity index (χ1) is 9.61. The van der Waals surface area contributed by atoms with Gasteiger partial charge in [0, 0.05) is 18.9 Å². The summed E-state index contributed by atoms with van der Waals surface area (Å²) < 4.78 is 4.88. The Labute approximate surface area is 119 Å². The van der Waals surface area contributed by atoms with Gasteiger partial charge in [0.25, 0.3) is 0 Å². The smallest absolute Gasteiger partial charge is 0.307 e. The zero-order valence-electron chi connectivity index (χ0n) is 11.8. The van der Waals surface area contributed by atoms with Crippen molar-refractivity contribution in [1.29, 1.82) is 0 Å². The minimum absolute atomic E-state index is 0.136. The molecule has 0 bridgehead atoms. The van der Waals surface area contributed by atoms with Crippen molar-refractivity contribution in [1.82, 2.24) is 5.32 Å². The van der Waals surface area contributed by atoms with Crippen LogP contribution in [0.4, 0.5) is 0 Å². The number of ether oxygens (including phenoxy) is 1. The van der Waals surface area contributed by atoms with E-state index in [0.29, 0.717) is 13.0 Å². The molecule has 1 aromatic rings. The molecule has 1 rings (SSSR count). The molecule has 106 valence electrons. The molecule has 1 amide bonds. The molecule has 0 saturated heterocycles. The second-order valence-corrected chi connectivity index (χ2v) is 4.28. The van der Waals surface area contributed by atoms with Crippen LogP contribution in [0.25, 0.3) is 0 Å². The number of hydrogen-bond acceptors (Lipinski definition) is 3. The number of benzene rings is 1. The van der Waals surface area contributed by atoms with E-state index in [1.165, 1.54) is 6.92 Å². The Kier molecular flexibility index (Phi) is 6.91. The van der Waals surface area contributed by atoms with Crippen molar-refractivity contribution in [2.45, 2.75) is 32.7 Å². The largest absolute Gasteiger partial charge is 0.466 e. The molecule has 0 aliphatic rings. The average molecular weight is 273 g/mol. The maximum atomic E-state index is 11.4. The van der Waals surface area contributed by atoms with Crippen LogP contribution in [-0.2, 0) is 14.3 Å². The van der Waals surface area contributed by atoms with E-state index in [1.807, 2.05) is 30.3 Å². The monoisotopic (exact) mass is 273 g/mol. The van der Waals surface area contributed by atoms with Crippen LogP contribution in [0.3, 0.4) is 0 Å². The minimum atomic E-state index is -0.326. The second kappa shape index (κ2) is 8.76. The fourth-order valence-corrected chi connectivity index (χ4v) is 1.68. The third-order valence-electron chi connectivity index (χ3n) is 2.48. The Morgan fingerprint density at radius 3 is 2.60 bits per heavy atom. The Bertz CT molecular complexity index is 499. The van der Waals surface area contributed by atoms with Crippen LogP contribution in [0, 0.1) is 11.8 Å². The lowest BCUT2D eigenvalue weighted by atomic mass is 10.1. The standard InChI is InChI=1S/C16H19NO3/c1-3-20-16(19)12-15(17-13(2)18)11-7-10-14-8-5-4-6-9-14/h4-6,8-9,15H,3,11-12H2,1-2H3,(H,17,18)/t15-/m0/s1. The van der Waals surface area contributed by atoms with Gasteiger partial charge >= 0.3 is 5.97 Å². The first-order valence-electron chi connectivity index (χ1n) is 6.58. The third-order valence-corrected chi connectivity index (χ3v) is 2.48. The van der Waals surface area contributed by atoms with E-state index < -0.39 is 0 Å². The van der Waals surface area contributed by atoms with Crippen LogP contribution < -0.4 is 5.32 Å². The summed E-state index contributed by atoms with van der Waals surface area (Å²) in [6, 6.07) is 9.24. The van der Waals surface area contributed by atoms with Crippen molar-refractivity contribution in [2.75, 3.05) is 6.61 Å². The minimum Gasteiger partial charge on any atom is -0.466 e. The van der Waals surface area contributed by atoms with Crippen LogP contribution in [0.5, 0.6) is 0 Å². The molecule has 0 heterocycles. The maximum Gasteiger partial charge on any atom is 0.307 e. The Hall–Kier alpha value is -2.28. The van der Waals surface area contributed by atoms with Crippen molar-refractivity contribution >= 4 is 11.9 Å². The maximum absolute atomic E-state index is 11.4. The molecule has 0 radical (unpaired) electrons. The van der Waals surface area contributed by atoms with Gasteiger partial charge in [0.1, 0.15) is 0 Å². The molecule has 0 spiro atoms. The van der Waals surface area contributed by atoms with Gasteiger partial charge < -0.3 is 10.1 Å². The van der Waals surface area contributed by atoms with Crippen molar-refractivity contribution in [3.8, 4) is 11.8 Å². The lowest BCUT2D eigenvalue weighted by Gasteiger charge is -2.13. The number of nitrogens with one attached hydrogen (secondary N) is 1. The van der Waals surface area contributed by atoms with Gasteiger partial charge in [-0.25, -0.2) is 0 Å². The van der Waals surface area contributed by atoms with Crippen LogP contribution in [0.15, 0.2) is 30.3 Å². The van der Waals surface area contributed by atoms with Gasteiger partial charge in [-0.05, 0) is 19.1 Å². The van der Waals surface area contributed by atoms with E-state index >= 15 is 0 Å². The Balaban J connectivity index is 2.58. The summed E-state index contributed by atoms with van der Waals surface area (Å²) in [4.78, 5) is 22.6. The molecule has 0 saturated carbocycles. The summed E-state index contributed by atoms with van der Waals surface area (Å²) in [7, 11) is 0. The average Bonchev–Trinajstić information content (AvgIpc) is 2.39. The van der Waals surface area contributed by atoms with Crippen molar-refractivity contribution in [2.24, 2.45) is 0 Å². The number of hydrogen-bond donors (Lipinski definition) is 1. The number of esters is 1. The fraction of sp³-hybridized carbons (Fsp3) is 0.375. The molecule has 0 aliphatic carbocycles. The normalized spacial score (nSPS) is 10.9. The molecule has 0 fully saturated rings. The highest BCUT2D eigenvalue weighted by molar-refractivity contribution is 5.75. The summed E-state index contributed by atoms with van der Waals surface area (Å²) in [5.74, 6) is 5.48. The summed E-state index contributed by atoms with van der Waals surface area (Å²) in [6.45, 7) is 3.50. The highest BCUT2D eigenvalue weighted by Crippen LogP contribution is 2.01. The molecule has 4 nitrogen and oxygen atoms in total. The van der Waals surface area contributed by atoms with Crippen LogP contribution in [-0.4, -0.2) is 24.5 Å². The van der Waals surface area contributed by atoms with Crippen LogP contribution in [0.1, 0.15) is 32.3 Å². The lowest BCUT2D eigenvalue weighted by Crippen LogP contribution is -2.35. The van der Waals surface area contributed by atoms with Gasteiger partial charge in [-0.2, -0.15) is 0 Å². The van der Waals surface area contributed by atoms with Crippen molar-refractivity contribution < 1.29 is 14.3 Å². The van der Waals surface area contributed by atoms with Gasteiger partial charge in [-0.15, -0.1) is 0 Å². The first-order valence-corrected chi connectivity index (χ1v) is 6.58.